The van der Waals surface area contributed by atoms with Crippen LogP contribution in [0.2, 0.25) is 0 Å². The van der Waals surface area contributed by atoms with E-state index in [4.69, 9.17) is 15.2 Å². The third-order valence-electron chi connectivity index (χ3n) is 8.53. The molecular weight excluding hydrogens is 542 g/mol. The van der Waals surface area contributed by atoms with Crippen molar-refractivity contribution in [3.63, 3.8) is 0 Å². The van der Waals surface area contributed by atoms with Crippen LogP contribution in [0.15, 0.2) is 47.7 Å². The van der Waals surface area contributed by atoms with Gasteiger partial charge < -0.3 is 35.6 Å². The number of benzene rings is 2. The zero-order chi connectivity index (χ0) is 31.5. The Morgan fingerprint density at radius 1 is 1.00 bits per heavy atom. The Bertz CT molecular complexity index is 1250. The van der Waals surface area contributed by atoms with E-state index in [2.05, 4.69) is 47.5 Å². The fourth-order valence-corrected chi connectivity index (χ4v) is 5.83. The van der Waals surface area contributed by atoms with Gasteiger partial charge in [0.05, 0.1) is 18.7 Å². The van der Waals surface area contributed by atoms with Crippen LogP contribution in [0.1, 0.15) is 61.9 Å². The van der Waals surface area contributed by atoms with E-state index in [-0.39, 0.29) is 12.5 Å². The molecule has 0 spiro atoms. The number of carbonyl (C=O) groups excluding carboxylic acids is 2. The molecule has 3 rings (SSSR count). The number of ether oxygens (including phenoxy) is 2. The number of carbonyl (C=O) groups is 2. The molecule has 2 aromatic rings. The van der Waals surface area contributed by atoms with E-state index in [1.165, 1.54) is 0 Å². The minimum Gasteiger partial charge on any atom is -0.491 e. The lowest BCUT2D eigenvalue weighted by Crippen LogP contribution is -2.43. The fraction of sp³-hybridized carbons (Fsp3) is 0.529. The van der Waals surface area contributed by atoms with Crippen molar-refractivity contribution in [3.8, 4) is 16.9 Å². The van der Waals surface area contributed by atoms with E-state index in [0.29, 0.717) is 42.1 Å². The Hall–Kier alpha value is -3.56. The lowest BCUT2D eigenvalue weighted by atomic mass is 9.88. The van der Waals surface area contributed by atoms with Gasteiger partial charge in [0.25, 0.3) is 5.91 Å². The molecule has 9 nitrogen and oxygen atoms in total. The molecule has 0 aromatic heterocycles. The van der Waals surface area contributed by atoms with E-state index in [1.807, 2.05) is 37.3 Å². The molecule has 0 heterocycles. The van der Waals surface area contributed by atoms with Crippen molar-refractivity contribution in [2.45, 2.75) is 65.0 Å². The Kier molecular flexibility index (Phi) is 12.9. The number of rotatable bonds is 15. The van der Waals surface area contributed by atoms with Gasteiger partial charge in [0, 0.05) is 49.7 Å². The first kappa shape index (κ1) is 33.9. The summed E-state index contributed by atoms with van der Waals surface area (Å²) in [4.78, 5) is 30.7. The average molecular weight is 594 g/mol. The third kappa shape index (κ3) is 8.97. The van der Waals surface area contributed by atoms with Crippen LogP contribution in [0.4, 0.5) is 5.69 Å². The average Bonchev–Trinajstić information content (AvgIpc) is 3.00. The zero-order valence-electron chi connectivity index (χ0n) is 27.1. The second-order valence-electron chi connectivity index (χ2n) is 11.6. The summed E-state index contributed by atoms with van der Waals surface area (Å²) in [7, 11) is 7.70. The summed E-state index contributed by atoms with van der Waals surface area (Å²) >= 11 is 0. The molecule has 0 atom stereocenters. The molecule has 43 heavy (non-hydrogen) atoms. The highest BCUT2D eigenvalue weighted by atomic mass is 16.5. The van der Waals surface area contributed by atoms with Gasteiger partial charge in [-0.15, -0.1) is 0 Å². The number of nitrogens with two attached hydrogens (primary N) is 1. The van der Waals surface area contributed by atoms with Gasteiger partial charge in [0.2, 0.25) is 5.91 Å². The predicted molar refractivity (Wildman–Crippen MR) is 175 cm³/mol. The van der Waals surface area contributed by atoms with Crippen LogP contribution in [0.3, 0.4) is 0 Å². The molecule has 1 saturated carbocycles. The monoisotopic (exact) mass is 593 g/mol. The molecular formula is C34H51N5O4. The van der Waals surface area contributed by atoms with Gasteiger partial charge in [-0.05, 0) is 101 Å². The second kappa shape index (κ2) is 16.3. The Morgan fingerprint density at radius 2 is 1.65 bits per heavy atom. The number of anilines is 1. The van der Waals surface area contributed by atoms with Gasteiger partial charge in [-0.1, -0.05) is 19.1 Å². The van der Waals surface area contributed by atoms with Crippen molar-refractivity contribution < 1.29 is 19.1 Å². The molecule has 0 bridgehead atoms. The largest absolute Gasteiger partial charge is 0.491 e. The summed E-state index contributed by atoms with van der Waals surface area (Å²) in [6.07, 6.45) is 5.53. The van der Waals surface area contributed by atoms with Crippen LogP contribution >= 0.6 is 0 Å². The fourth-order valence-electron chi connectivity index (χ4n) is 5.83. The van der Waals surface area contributed by atoms with E-state index in [9.17, 15) is 9.59 Å². The summed E-state index contributed by atoms with van der Waals surface area (Å²) in [5.74, 6) is -0.0360. The van der Waals surface area contributed by atoms with Gasteiger partial charge in [-0.25, -0.2) is 0 Å². The third-order valence-corrected chi connectivity index (χ3v) is 8.53. The maximum atomic E-state index is 13.8. The van der Waals surface area contributed by atoms with Crippen molar-refractivity contribution in [1.29, 1.82) is 0 Å². The Labute approximate surface area is 257 Å². The van der Waals surface area contributed by atoms with Gasteiger partial charge in [-0.2, -0.15) is 0 Å². The van der Waals surface area contributed by atoms with Crippen LogP contribution in [0.5, 0.6) is 5.75 Å². The number of hydrogen-bond donors (Lipinski definition) is 3. The minimum absolute atomic E-state index is 0.0422. The molecule has 236 valence electrons. The van der Waals surface area contributed by atoms with E-state index in [0.717, 1.165) is 66.8 Å². The standard InChI is InChI=1S/C34H51N5O4/c1-8-17-39(28-13-11-27(12-14-28)38(5)6)32-21-26(25-9-15-29(16-10-25)43-19-18-42-7)20-30(23(32)2)34(41)37-22-31(33(35)40)24(3)36-4/h9-10,15-16,20-21,27-28,36H,8,11-14,17-19,22H2,1-7H3,(H2,35,40)(H,37,41)/b31-24-/t27-,28-. The van der Waals surface area contributed by atoms with E-state index >= 15 is 0 Å². The molecule has 0 unspecified atom stereocenters. The summed E-state index contributed by atoms with van der Waals surface area (Å²) in [6, 6.07) is 13.1. The molecule has 4 N–H and O–H groups in total. The van der Waals surface area contributed by atoms with E-state index < -0.39 is 5.91 Å². The van der Waals surface area contributed by atoms with Crippen molar-refractivity contribution in [3.05, 3.63) is 58.8 Å². The molecule has 2 aromatic carbocycles. The number of allylic oxidation sites excluding steroid dienone is 1. The molecule has 0 aliphatic heterocycles. The number of nitrogens with one attached hydrogen (secondary N) is 2. The lowest BCUT2D eigenvalue weighted by Gasteiger charge is -2.41. The predicted octanol–water partition coefficient (Wildman–Crippen LogP) is 4.48. The SMILES string of the molecule is CCCN(c1cc(-c2ccc(OCCOC)cc2)cc(C(=O)NC/C(C(N)=O)=C(\C)NC)c1C)[C@H]1CC[C@H](N(C)C)CC1. The highest BCUT2D eigenvalue weighted by Gasteiger charge is 2.29. The smallest absolute Gasteiger partial charge is 0.251 e. The molecule has 1 aliphatic rings. The highest BCUT2D eigenvalue weighted by molar-refractivity contribution is 6.00. The van der Waals surface area contributed by atoms with Gasteiger partial charge >= 0.3 is 0 Å². The van der Waals surface area contributed by atoms with E-state index in [1.54, 1.807) is 21.1 Å². The summed E-state index contributed by atoms with van der Waals surface area (Å²) < 4.78 is 10.9. The lowest BCUT2D eigenvalue weighted by molar-refractivity contribution is -0.114. The first-order chi connectivity index (χ1) is 20.6. The van der Waals surface area contributed by atoms with Crippen LogP contribution in [0.25, 0.3) is 11.1 Å². The molecule has 9 heteroatoms. The van der Waals surface area contributed by atoms with Gasteiger partial charge in [-0.3, -0.25) is 9.59 Å². The summed E-state index contributed by atoms with van der Waals surface area (Å²) in [6.45, 7) is 7.95. The van der Waals surface area contributed by atoms with Crippen molar-refractivity contribution in [2.75, 3.05) is 59.5 Å². The van der Waals surface area contributed by atoms with Crippen LogP contribution < -0.4 is 26.0 Å². The van der Waals surface area contributed by atoms with Crippen LogP contribution in [0, 0.1) is 6.92 Å². The first-order valence-electron chi connectivity index (χ1n) is 15.4. The van der Waals surface area contributed by atoms with Crippen molar-refractivity contribution >= 4 is 17.5 Å². The van der Waals surface area contributed by atoms with Crippen molar-refractivity contribution in [2.24, 2.45) is 5.73 Å². The molecule has 0 saturated heterocycles. The number of nitrogens with zero attached hydrogens (tertiary/aromatic N) is 2. The highest BCUT2D eigenvalue weighted by Crippen LogP contribution is 2.36. The maximum Gasteiger partial charge on any atom is 0.251 e. The van der Waals surface area contributed by atoms with Crippen molar-refractivity contribution in [1.82, 2.24) is 15.5 Å². The topological polar surface area (TPSA) is 109 Å². The summed E-state index contributed by atoms with van der Waals surface area (Å²) in [5.41, 5.74) is 11.1. The zero-order valence-corrected chi connectivity index (χ0v) is 27.1. The Balaban J connectivity index is 2.03. The minimum atomic E-state index is -0.562. The maximum absolute atomic E-state index is 13.8. The number of hydrogen-bond acceptors (Lipinski definition) is 7. The number of amides is 2. The van der Waals surface area contributed by atoms with Gasteiger partial charge in [0.15, 0.2) is 0 Å². The van der Waals surface area contributed by atoms with Crippen LogP contribution in [-0.4, -0.2) is 83.4 Å². The quantitative estimate of drug-likeness (QED) is 0.206. The number of methoxy groups -OCH3 is 1. The first-order valence-corrected chi connectivity index (χ1v) is 15.4. The van der Waals surface area contributed by atoms with Gasteiger partial charge in [0.1, 0.15) is 12.4 Å². The molecule has 1 aliphatic carbocycles. The molecule has 0 radical (unpaired) electrons. The van der Waals surface area contributed by atoms with Crippen LogP contribution in [-0.2, 0) is 9.53 Å². The molecule has 2 amide bonds. The second-order valence-corrected chi connectivity index (χ2v) is 11.6. The summed E-state index contributed by atoms with van der Waals surface area (Å²) in [5, 5.41) is 5.91. The Morgan fingerprint density at radius 3 is 2.21 bits per heavy atom. The normalized spacial score (nSPS) is 17.3. The molecule has 1 fully saturated rings. The number of primary amides is 1.